The number of azo groups is 1. The van der Waals surface area contributed by atoms with E-state index in [4.69, 9.17) is 16.7 Å². The topological polar surface area (TPSA) is 105 Å². The zero-order valence-electron chi connectivity index (χ0n) is 11.6. The summed E-state index contributed by atoms with van der Waals surface area (Å²) >= 11 is 5.74. The van der Waals surface area contributed by atoms with E-state index in [1.165, 1.54) is 24.3 Å². The number of aliphatic hydroxyl groups excluding tert-OH is 1. The lowest BCUT2D eigenvalue weighted by Crippen LogP contribution is -2.01. The molecule has 0 unspecified atom stereocenters. The summed E-state index contributed by atoms with van der Waals surface area (Å²) in [7, 11) is 0. The monoisotopic (exact) mass is 331 g/mol. The molecule has 0 bridgehead atoms. The van der Waals surface area contributed by atoms with E-state index in [0.29, 0.717) is 17.0 Å². The second-order valence-corrected chi connectivity index (χ2v) is 4.76. The number of nitrogens with zero attached hydrogens (tertiary/aromatic N) is 3. The minimum atomic E-state index is -0.611. The summed E-state index contributed by atoms with van der Waals surface area (Å²) in [4.78, 5) is 22.2. The van der Waals surface area contributed by atoms with Gasteiger partial charge in [-0.15, -0.1) is 5.11 Å². The Bertz CT molecular complexity index is 783. The highest BCUT2D eigenvalue weighted by Crippen LogP contribution is 2.19. The molecule has 0 aromatic heterocycles. The normalized spacial score (nSPS) is 11.6. The molecule has 0 radical (unpaired) electrons. The first-order valence-electron chi connectivity index (χ1n) is 6.32. The molecule has 0 atom stereocenters. The Balaban J connectivity index is 2.18. The van der Waals surface area contributed by atoms with Crippen LogP contribution in [0.4, 0.5) is 11.4 Å². The van der Waals surface area contributed by atoms with Crippen molar-refractivity contribution in [1.29, 1.82) is 0 Å². The molecule has 2 aromatic rings. The van der Waals surface area contributed by atoms with Crippen molar-refractivity contribution in [2.24, 2.45) is 10.2 Å². The second kappa shape index (κ2) is 7.28. The molecule has 0 aliphatic heterocycles. The Hall–Kier alpha value is -3.06. The molecule has 0 saturated heterocycles. The van der Waals surface area contributed by atoms with Gasteiger partial charge in [-0.3, -0.25) is 14.9 Å². The van der Waals surface area contributed by atoms with Crippen LogP contribution in [0.15, 0.2) is 70.7 Å². The van der Waals surface area contributed by atoms with Gasteiger partial charge >= 0.3 is 0 Å². The lowest BCUT2D eigenvalue weighted by molar-refractivity contribution is -0.384. The van der Waals surface area contributed by atoms with Gasteiger partial charge in [0.05, 0.1) is 10.6 Å². The fraction of sp³-hybridized carbons (Fsp3) is 0. The molecule has 0 fully saturated rings. The molecule has 0 spiro atoms. The number of carbonyl (C=O) groups is 1. The third-order valence-corrected chi connectivity index (χ3v) is 3.05. The number of non-ortho nitro benzene ring substituents is 1. The van der Waals surface area contributed by atoms with Crippen LogP contribution in [-0.4, -0.2) is 15.8 Å². The lowest BCUT2D eigenvalue weighted by atomic mass is 10.1. The van der Waals surface area contributed by atoms with E-state index in [1.807, 2.05) is 0 Å². The summed E-state index contributed by atoms with van der Waals surface area (Å²) < 4.78 is 0. The van der Waals surface area contributed by atoms with Crippen molar-refractivity contribution in [3.8, 4) is 0 Å². The molecule has 23 heavy (non-hydrogen) atoms. The van der Waals surface area contributed by atoms with Gasteiger partial charge in [0.1, 0.15) is 6.26 Å². The van der Waals surface area contributed by atoms with Gasteiger partial charge in [0.25, 0.3) is 5.69 Å². The standard InChI is InChI=1S/C15H10ClN3O4/c16-11-3-5-12(6-4-11)17-18-14(9-20)15(21)10-1-7-13(8-2-10)19(22)23/h1-9,20H/b14-9+,18-17?. The van der Waals surface area contributed by atoms with Crippen molar-refractivity contribution < 1.29 is 14.8 Å². The molecule has 1 N–H and O–H groups in total. The van der Waals surface area contributed by atoms with Crippen LogP contribution in [-0.2, 0) is 0 Å². The van der Waals surface area contributed by atoms with Crippen molar-refractivity contribution in [3.63, 3.8) is 0 Å². The molecule has 8 heteroatoms. The lowest BCUT2D eigenvalue weighted by Gasteiger charge is -2.00. The maximum absolute atomic E-state index is 12.2. The second-order valence-electron chi connectivity index (χ2n) is 4.32. The van der Waals surface area contributed by atoms with Crippen LogP contribution in [0.2, 0.25) is 5.02 Å². The predicted molar refractivity (Wildman–Crippen MR) is 84.1 cm³/mol. The summed E-state index contributed by atoms with van der Waals surface area (Å²) in [5.41, 5.74) is 0.156. The Morgan fingerprint density at radius 2 is 1.74 bits per heavy atom. The number of Topliss-reactive ketones (excluding diaryl/α,β-unsaturated/α-hetero) is 1. The Morgan fingerprint density at radius 1 is 1.13 bits per heavy atom. The van der Waals surface area contributed by atoms with Gasteiger partial charge in [-0.25, -0.2) is 0 Å². The van der Waals surface area contributed by atoms with E-state index >= 15 is 0 Å². The van der Waals surface area contributed by atoms with Crippen molar-refractivity contribution in [2.45, 2.75) is 0 Å². The first-order valence-corrected chi connectivity index (χ1v) is 6.70. The molecular weight excluding hydrogens is 322 g/mol. The SMILES string of the molecule is O=C(/C(=C\O)N=Nc1ccc(Cl)cc1)c1ccc([N+](=O)[O-])cc1. The van der Waals surface area contributed by atoms with E-state index in [0.717, 1.165) is 0 Å². The Labute approximate surface area is 135 Å². The van der Waals surface area contributed by atoms with Gasteiger partial charge in [-0.05, 0) is 36.4 Å². The van der Waals surface area contributed by atoms with Gasteiger partial charge < -0.3 is 5.11 Å². The number of halogens is 1. The molecular formula is C15H10ClN3O4. The largest absolute Gasteiger partial charge is 0.513 e. The van der Waals surface area contributed by atoms with Gasteiger partial charge in [-0.2, -0.15) is 5.11 Å². The third kappa shape index (κ3) is 4.21. The van der Waals surface area contributed by atoms with Crippen molar-refractivity contribution in [1.82, 2.24) is 0 Å². The number of nitro groups is 1. The molecule has 0 amide bonds. The number of carbonyl (C=O) groups excluding carboxylic acids is 1. The van der Waals surface area contributed by atoms with Crippen LogP contribution < -0.4 is 0 Å². The Kier molecular flexibility index (Phi) is 5.16. The predicted octanol–water partition coefficient (Wildman–Crippen LogP) is 4.61. The molecule has 0 aliphatic carbocycles. The first-order chi connectivity index (χ1) is 11.0. The number of nitro benzene ring substituents is 1. The highest BCUT2D eigenvalue weighted by molar-refractivity contribution is 6.30. The number of ketones is 1. The number of rotatable bonds is 5. The minimum absolute atomic E-state index is 0.140. The van der Waals surface area contributed by atoms with Crippen LogP contribution in [0.5, 0.6) is 0 Å². The summed E-state index contributed by atoms with van der Waals surface area (Å²) in [5, 5.41) is 27.8. The van der Waals surface area contributed by atoms with Crippen molar-refractivity contribution >= 4 is 28.8 Å². The van der Waals surface area contributed by atoms with Crippen LogP contribution >= 0.6 is 11.6 Å². The van der Waals surface area contributed by atoms with Crippen LogP contribution in [0, 0.1) is 10.1 Å². The number of hydrogen-bond donors (Lipinski definition) is 1. The fourth-order valence-corrected chi connectivity index (χ4v) is 1.76. The van der Waals surface area contributed by atoms with Crippen molar-refractivity contribution in [3.05, 3.63) is 81.2 Å². The minimum Gasteiger partial charge on any atom is -0.513 e. The Morgan fingerprint density at radius 3 is 2.26 bits per heavy atom. The number of hydrogen-bond acceptors (Lipinski definition) is 6. The summed E-state index contributed by atoms with van der Waals surface area (Å²) in [6, 6.07) is 11.3. The summed E-state index contributed by atoms with van der Waals surface area (Å²) in [5.74, 6) is -0.611. The number of benzene rings is 2. The average molecular weight is 332 g/mol. The van der Waals surface area contributed by atoms with E-state index in [-0.39, 0.29) is 16.9 Å². The molecule has 0 heterocycles. The molecule has 7 nitrogen and oxygen atoms in total. The van der Waals surface area contributed by atoms with Gasteiger partial charge in [0.2, 0.25) is 5.78 Å². The maximum Gasteiger partial charge on any atom is 0.269 e. The van der Waals surface area contributed by atoms with Gasteiger partial charge in [0.15, 0.2) is 5.70 Å². The van der Waals surface area contributed by atoms with Gasteiger partial charge in [-0.1, -0.05) is 11.6 Å². The number of aliphatic hydroxyl groups is 1. The van der Waals surface area contributed by atoms with E-state index in [2.05, 4.69) is 10.2 Å². The molecule has 2 aromatic carbocycles. The highest BCUT2D eigenvalue weighted by atomic mass is 35.5. The number of allylic oxidation sites excluding steroid dienone is 1. The average Bonchev–Trinajstić information content (AvgIpc) is 2.57. The zero-order chi connectivity index (χ0) is 16.8. The third-order valence-electron chi connectivity index (χ3n) is 2.80. The van der Waals surface area contributed by atoms with Gasteiger partial charge in [0, 0.05) is 22.7 Å². The quantitative estimate of drug-likeness (QED) is 0.215. The van der Waals surface area contributed by atoms with E-state index < -0.39 is 10.7 Å². The highest BCUT2D eigenvalue weighted by Gasteiger charge is 2.14. The zero-order valence-corrected chi connectivity index (χ0v) is 12.3. The van der Waals surface area contributed by atoms with Crippen molar-refractivity contribution in [2.75, 3.05) is 0 Å². The fourth-order valence-electron chi connectivity index (χ4n) is 1.63. The molecule has 2 rings (SSSR count). The maximum atomic E-state index is 12.2. The molecule has 0 saturated carbocycles. The van der Waals surface area contributed by atoms with E-state index in [1.54, 1.807) is 24.3 Å². The van der Waals surface area contributed by atoms with E-state index in [9.17, 15) is 14.9 Å². The summed E-state index contributed by atoms with van der Waals surface area (Å²) in [6.07, 6.45) is 0.531. The summed E-state index contributed by atoms with van der Waals surface area (Å²) in [6.45, 7) is 0. The molecule has 0 aliphatic rings. The van der Waals surface area contributed by atoms with Crippen LogP contribution in [0.1, 0.15) is 10.4 Å². The molecule has 116 valence electrons. The first kappa shape index (κ1) is 16.3. The smallest absolute Gasteiger partial charge is 0.269 e. The van der Waals surface area contributed by atoms with Crippen LogP contribution in [0.25, 0.3) is 0 Å². The van der Waals surface area contributed by atoms with Crippen LogP contribution in [0.3, 0.4) is 0 Å².